The third-order valence-corrected chi connectivity index (χ3v) is 3.68. The Balaban J connectivity index is 3.09. The van der Waals surface area contributed by atoms with Crippen LogP contribution in [-0.4, -0.2) is 5.11 Å². The predicted molar refractivity (Wildman–Crippen MR) is 63.1 cm³/mol. The van der Waals surface area contributed by atoms with E-state index in [1.807, 2.05) is 13.8 Å². The molecule has 1 nitrogen and oxygen atoms in total. The van der Waals surface area contributed by atoms with Crippen molar-refractivity contribution < 1.29 is 13.9 Å². The molecule has 0 aliphatic heterocycles. The second-order valence-electron chi connectivity index (χ2n) is 3.79. The molecular weight excluding hydrogens is 278 g/mol. The van der Waals surface area contributed by atoms with E-state index in [-0.39, 0.29) is 10.4 Å². The van der Waals surface area contributed by atoms with Crippen LogP contribution in [0.3, 0.4) is 0 Å². The first-order valence-electron chi connectivity index (χ1n) is 5.34. The third kappa shape index (κ3) is 2.61. The van der Waals surface area contributed by atoms with Gasteiger partial charge in [0.1, 0.15) is 0 Å². The normalized spacial score (nSPS) is 13.2. The minimum Gasteiger partial charge on any atom is -0.388 e. The van der Waals surface area contributed by atoms with Crippen molar-refractivity contribution in [3.05, 3.63) is 33.8 Å². The first kappa shape index (κ1) is 13.6. The summed E-state index contributed by atoms with van der Waals surface area (Å²) in [5, 5.41) is 10.1. The second kappa shape index (κ2) is 5.73. The van der Waals surface area contributed by atoms with Crippen LogP contribution in [0.5, 0.6) is 0 Å². The number of benzene rings is 1. The molecule has 0 amide bonds. The van der Waals surface area contributed by atoms with Crippen LogP contribution in [0.4, 0.5) is 8.78 Å². The first-order valence-corrected chi connectivity index (χ1v) is 6.13. The highest BCUT2D eigenvalue weighted by Gasteiger charge is 2.22. The molecule has 4 heteroatoms. The van der Waals surface area contributed by atoms with Gasteiger partial charge in [0, 0.05) is 0 Å². The Labute approximate surface area is 103 Å². The van der Waals surface area contributed by atoms with Crippen LogP contribution in [0, 0.1) is 17.6 Å². The van der Waals surface area contributed by atoms with Crippen LogP contribution in [0.1, 0.15) is 38.4 Å². The monoisotopic (exact) mass is 292 g/mol. The fourth-order valence-electron chi connectivity index (χ4n) is 1.76. The SMILES string of the molecule is CCC(CC)C(O)c1ccc(F)c(F)c1Br. The average Bonchev–Trinajstić information content (AvgIpc) is 2.27. The van der Waals surface area contributed by atoms with Crippen LogP contribution in [0.25, 0.3) is 0 Å². The summed E-state index contributed by atoms with van der Waals surface area (Å²) in [5.41, 5.74) is 0.410. The molecule has 1 atom stereocenters. The molecule has 0 aliphatic rings. The first-order chi connectivity index (χ1) is 7.52. The highest BCUT2D eigenvalue weighted by Crippen LogP contribution is 2.34. The largest absolute Gasteiger partial charge is 0.388 e. The Kier molecular flexibility index (Phi) is 4.87. The second-order valence-corrected chi connectivity index (χ2v) is 4.58. The van der Waals surface area contributed by atoms with Crippen molar-refractivity contribution in [1.29, 1.82) is 0 Å². The van der Waals surface area contributed by atoms with Crippen molar-refractivity contribution in [2.45, 2.75) is 32.8 Å². The molecular formula is C12H15BrF2O. The summed E-state index contributed by atoms with van der Waals surface area (Å²) in [6, 6.07) is 2.46. The molecule has 0 radical (unpaired) electrons. The van der Waals surface area contributed by atoms with Gasteiger partial charge < -0.3 is 5.11 Å². The molecule has 1 rings (SSSR count). The lowest BCUT2D eigenvalue weighted by Gasteiger charge is -2.21. The highest BCUT2D eigenvalue weighted by molar-refractivity contribution is 9.10. The maximum absolute atomic E-state index is 13.3. The topological polar surface area (TPSA) is 20.2 Å². The third-order valence-electron chi connectivity index (χ3n) is 2.88. The van der Waals surface area contributed by atoms with Gasteiger partial charge in [-0.3, -0.25) is 0 Å². The van der Waals surface area contributed by atoms with Gasteiger partial charge in [0.05, 0.1) is 10.6 Å². The lowest BCUT2D eigenvalue weighted by molar-refractivity contribution is 0.102. The Hall–Kier alpha value is -0.480. The predicted octanol–water partition coefficient (Wildman–Crippen LogP) is 4.20. The van der Waals surface area contributed by atoms with E-state index in [4.69, 9.17) is 0 Å². The van der Waals surface area contributed by atoms with Crippen molar-refractivity contribution in [3.63, 3.8) is 0 Å². The minimum absolute atomic E-state index is 0.0203. The van der Waals surface area contributed by atoms with Crippen molar-refractivity contribution in [3.8, 4) is 0 Å². The number of hydrogen-bond acceptors (Lipinski definition) is 1. The van der Waals surface area contributed by atoms with Crippen LogP contribution in [0.15, 0.2) is 16.6 Å². The number of aliphatic hydroxyl groups is 1. The summed E-state index contributed by atoms with van der Waals surface area (Å²) in [6.45, 7) is 3.93. The number of hydrogen-bond donors (Lipinski definition) is 1. The molecule has 0 aliphatic carbocycles. The maximum atomic E-state index is 13.3. The lowest BCUT2D eigenvalue weighted by atomic mass is 9.91. The number of halogens is 3. The molecule has 1 aromatic carbocycles. The Morgan fingerprint density at radius 2 is 1.81 bits per heavy atom. The van der Waals surface area contributed by atoms with Gasteiger partial charge in [-0.2, -0.15) is 0 Å². The van der Waals surface area contributed by atoms with Gasteiger partial charge in [-0.05, 0) is 33.5 Å². The zero-order valence-corrected chi connectivity index (χ0v) is 10.9. The molecule has 0 aromatic heterocycles. The minimum atomic E-state index is -0.942. The highest BCUT2D eigenvalue weighted by atomic mass is 79.9. The van der Waals surface area contributed by atoms with Crippen LogP contribution >= 0.6 is 15.9 Å². The summed E-state index contributed by atoms with van der Waals surface area (Å²) < 4.78 is 26.2. The van der Waals surface area contributed by atoms with Gasteiger partial charge in [-0.15, -0.1) is 0 Å². The summed E-state index contributed by atoms with van der Waals surface area (Å²) in [7, 11) is 0. The molecule has 1 unspecified atom stereocenters. The Bertz CT molecular complexity index is 364. The molecule has 1 aromatic rings. The van der Waals surface area contributed by atoms with Gasteiger partial charge >= 0.3 is 0 Å². The van der Waals surface area contributed by atoms with Gasteiger partial charge in [-0.25, -0.2) is 8.78 Å². The molecule has 90 valence electrons. The van der Waals surface area contributed by atoms with Crippen LogP contribution < -0.4 is 0 Å². The summed E-state index contributed by atoms with van der Waals surface area (Å²) in [4.78, 5) is 0. The van der Waals surface area contributed by atoms with Gasteiger partial charge in [0.15, 0.2) is 11.6 Å². The maximum Gasteiger partial charge on any atom is 0.173 e. The van der Waals surface area contributed by atoms with Crippen LogP contribution in [0.2, 0.25) is 0 Å². The fraction of sp³-hybridized carbons (Fsp3) is 0.500. The van der Waals surface area contributed by atoms with Crippen molar-refractivity contribution in [1.82, 2.24) is 0 Å². The molecule has 0 bridgehead atoms. The molecule has 1 N–H and O–H groups in total. The molecule has 0 fully saturated rings. The van der Waals surface area contributed by atoms with E-state index in [9.17, 15) is 13.9 Å². The standard InChI is InChI=1S/C12H15BrF2O/c1-3-7(4-2)12(16)8-5-6-9(14)11(15)10(8)13/h5-7,12,16H,3-4H2,1-2H3. The quantitative estimate of drug-likeness (QED) is 0.825. The zero-order valence-electron chi connectivity index (χ0n) is 9.30. The molecule has 16 heavy (non-hydrogen) atoms. The van der Waals surface area contributed by atoms with E-state index < -0.39 is 17.7 Å². The average molecular weight is 293 g/mol. The van der Waals surface area contributed by atoms with Crippen molar-refractivity contribution in [2.75, 3.05) is 0 Å². The van der Waals surface area contributed by atoms with Crippen molar-refractivity contribution in [2.24, 2.45) is 5.92 Å². The van der Waals surface area contributed by atoms with E-state index in [1.165, 1.54) is 6.07 Å². The summed E-state index contributed by atoms with van der Waals surface area (Å²) in [6.07, 6.45) is 0.825. The number of rotatable bonds is 4. The smallest absolute Gasteiger partial charge is 0.173 e. The summed E-state index contributed by atoms with van der Waals surface area (Å²) >= 11 is 2.98. The molecule has 0 saturated heterocycles. The van der Waals surface area contributed by atoms with Gasteiger partial charge in [-0.1, -0.05) is 32.8 Å². The Morgan fingerprint density at radius 1 is 1.25 bits per heavy atom. The van der Waals surface area contributed by atoms with E-state index in [0.29, 0.717) is 5.56 Å². The number of aliphatic hydroxyl groups excluding tert-OH is 1. The molecule has 0 saturated carbocycles. The van der Waals surface area contributed by atoms with Crippen molar-refractivity contribution >= 4 is 15.9 Å². The molecule has 0 heterocycles. The van der Waals surface area contributed by atoms with E-state index >= 15 is 0 Å². The fourth-order valence-corrected chi connectivity index (χ4v) is 2.31. The zero-order chi connectivity index (χ0) is 12.3. The molecule has 0 spiro atoms. The van der Waals surface area contributed by atoms with Gasteiger partial charge in [0.2, 0.25) is 0 Å². The van der Waals surface area contributed by atoms with E-state index in [0.717, 1.165) is 18.9 Å². The van der Waals surface area contributed by atoms with E-state index in [2.05, 4.69) is 15.9 Å². The van der Waals surface area contributed by atoms with Gasteiger partial charge in [0.25, 0.3) is 0 Å². The Morgan fingerprint density at radius 3 is 2.31 bits per heavy atom. The lowest BCUT2D eigenvalue weighted by Crippen LogP contribution is -2.12. The summed E-state index contributed by atoms with van der Waals surface area (Å²) in [5.74, 6) is -1.80. The van der Waals surface area contributed by atoms with Crippen LogP contribution in [-0.2, 0) is 0 Å². The van der Waals surface area contributed by atoms with E-state index in [1.54, 1.807) is 0 Å².